The second-order valence-corrected chi connectivity index (χ2v) is 9.15. The number of ether oxygens (including phenoxy) is 1. The summed E-state index contributed by atoms with van der Waals surface area (Å²) in [6, 6.07) is 19.9. The number of benzene rings is 2. The van der Waals surface area contributed by atoms with Crippen LogP contribution in [0.3, 0.4) is 0 Å². The Kier molecular flexibility index (Phi) is 8.02. The van der Waals surface area contributed by atoms with Crippen LogP contribution < -0.4 is 10.2 Å². The molecular weight excluding hydrogens is 444 g/mol. The summed E-state index contributed by atoms with van der Waals surface area (Å²) in [5.74, 6) is -0.122. The summed E-state index contributed by atoms with van der Waals surface area (Å²) in [5.41, 5.74) is 1.35. The number of rotatable bonds is 9. The zero-order valence-corrected chi connectivity index (χ0v) is 20.3. The van der Waals surface area contributed by atoms with Gasteiger partial charge in [-0.25, -0.2) is 0 Å². The van der Waals surface area contributed by atoms with Gasteiger partial charge in [-0.3, -0.25) is 14.4 Å². The molecule has 0 radical (unpaired) electrons. The van der Waals surface area contributed by atoms with E-state index in [1.54, 1.807) is 12.0 Å². The van der Waals surface area contributed by atoms with Crippen molar-refractivity contribution in [3.63, 3.8) is 0 Å². The number of hydrogen-bond donors (Lipinski definition) is 1. The van der Waals surface area contributed by atoms with Crippen molar-refractivity contribution in [3.05, 3.63) is 66.2 Å². The van der Waals surface area contributed by atoms with E-state index >= 15 is 0 Å². The van der Waals surface area contributed by atoms with Gasteiger partial charge in [-0.2, -0.15) is 0 Å². The summed E-state index contributed by atoms with van der Waals surface area (Å²) in [4.78, 5) is 44.6. The van der Waals surface area contributed by atoms with Gasteiger partial charge in [-0.05, 0) is 37.0 Å². The summed E-state index contributed by atoms with van der Waals surface area (Å²) < 4.78 is 4.98. The summed E-state index contributed by atoms with van der Waals surface area (Å²) >= 11 is 0. The second kappa shape index (κ2) is 11.4. The van der Waals surface area contributed by atoms with Crippen LogP contribution >= 0.6 is 0 Å². The lowest BCUT2D eigenvalue weighted by molar-refractivity contribution is -0.140. The highest BCUT2D eigenvalue weighted by Gasteiger charge is 2.54. The average molecular weight is 479 g/mol. The van der Waals surface area contributed by atoms with Crippen LogP contribution in [0.25, 0.3) is 0 Å². The summed E-state index contributed by atoms with van der Waals surface area (Å²) in [6.45, 7) is 2.24. The number of carbonyl (C=O) groups excluding carboxylic acids is 3. The first kappa shape index (κ1) is 24.7. The zero-order valence-electron chi connectivity index (χ0n) is 20.3. The molecule has 2 heterocycles. The maximum Gasteiger partial charge on any atom is 0.250 e. The Hall–Kier alpha value is -3.39. The predicted molar refractivity (Wildman–Crippen MR) is 134 cm³/mol. The van der Waals surface area contributed by atoms with E-state index in [4.69, 9.17) is 4.74 Å². The third-order valence-electron chi connectivity index (χ3n) is 6.96. The molecule has 2 aliphatic rings. The summed E-state index contributed by atoms with van der Waals surface area (Å²) in [6.07, 6.45) is 2.25. The molecule has 0 atom stereocenters. The number of para-hydroxylation sites is 1. The van der Waals surface area contributed by atoms with Crippen molar-refractivity contribution in [1.29, 1.82) is 0 Å². The molecule has 4 rings (SSSR count). The first-order valence-corrected chi connectivity index (χ1v) is 12.2. The smallest absolute Gasteiger partial charge is 0.250 e. The molecule has 0 aromatic heterocycles. The van der Waals surface area contributed by atoms with Gasteiger partial charge < -0.3 is 24.8 Å². The fourth-order valence-electron chi connectivity index (χ4n) is 5.02. The monoisotopic (exact) mass is 478 g/mol. The van der Waals surface area contributed by atoms with Crippen LogP contribution in [0.4, 0.5) is 5.69 Å². The van der Waals surface area contributed by atoms with Gasteiger partial charge in [0.15, 0.2) is 0 Å². The molecule has 186 valence electrons. The Bertz CT molecular complexity index is 1010. The Morgan fingerprint density at radius 1 is 1.00 bits per heavy atom. The standard InChI is InChI=1S/C27H34N4O4/c1-35-19-16-28-24(32)20-30-21-31(23-10-6-3-7-11-23)27(26(30)34)14-17-29(18-15-27)25(33)13-12-22-8-4-2-5-9-22/h2-11H,12-21H2,1H3,(H,28,32). The third-order valence-corrected chi connectivity index (χ3v) is 6.96. The highest BCUT2D eigenvalue weighted by atomic mass is 16.5. The number of aryl methyl sites for hydroxylation is 1. The van der Waals surface area contributed by atoms with Crippen molar-refractivity contribution < 1.29 is 19.1 Å². The lowest BCUT2D eigenvalue weighted by Crippen LogP contribution is -2.57. The topological polar surface area (TPSA) is 82.2 Å². The Morgan fingerprint density at radius 3 is 2.31 bits per heavy atom. The van der Waals surface area contributed by atoms with E-state index in [1.807, 2.05) is 65.6 Å². The minimum Gasteiger partial charge on any atom is -0.383 e. The van der Waals surface area contributed by atoms with Gasteiger partial charge in [0, 0.05) is 38.9 Å². The molecule has 8 heteroatoms. The number of anilines is 1. The van der Waals surface area contributed by atoms with Crippen LogP contribution in [0.5, 0.6) is 0 Å². The molecule has 2 saturated heterocycles. The fourth-order valence-corrected chi connectivity index (χ4v) is 5.02. The number of amides is 3. The van der Waals surface area contributed by atoms with E-state index in [9.17, 15) is 14.4 Å². The molecule has 2 aromatic carbocycles. The van der Waals surface area contributed by atoms with Crippen LogP contribution in [0.1, 0.15) is 24.8 Å². The van der Waals surface area contributed by atoms with Gasteiger partial charge in [0.2, 0.25) is 11.8 Å². The lowest BCUT2D eigenvalue weighted by Gasteiger charge is -2.43. The van der Waals surface area contributed by atoms with E-state index in [1.165, 1.54) is 0 Å². The van der Waals surface area contributed by atoms with Crippen molar-refractivity contribution in [2.45, 2.75) is 31.2 Å². The summed E-state index contributed by atoms with van der Waals surface area (Å²) in [5, 5.41) is 2.80. The van der Waals surface area contributed by atoms with Crippen molar-refractivity contribution in [1.82, 2.24) is 15.1 Å². The van der Waals surface area contributed by atoms with Gasteiger partial charge in [-0.1, -0.05) is 48.5 Å². The van der Waals surface area contributed by atoms with Crippen LogP contribution in [-0.2, 0) is 25.5 Å². The number of nitrogens with one attached hydrogen (secondary N) is 1. The predicted octanol–water partition coefficient (Wildman–Crippen LogP) is 2.05. The van der Waals surface area contributed by atoms with Gasteiger partial charge in [0.05, 0.1) is 13.3 Å². The molecule has 2 aliphatic heterocycles. The van der Waals surface area contributed by atoms with Crippen LogP contribution in [0, 0.1) is 0 Å². The first-order chi connectivity index (χ1) is 17.0. The van der Waals surface area contributed by atoms with E-state index in [0.717, 1.165) is 11.3 Å². The largest absolute Gasteiger partial charge is 0.383 e. The average Bonchev–Trinajstić information content (AvgIpc) is 3.15. The van der Waals surface area contributed by atoms with Crippen molar-refractivity contribution >= 4 is 23.4 Å². The van der Waals surface area contributed by atoms with Crippen LogP contribution in [-0.4, -0.2) is 79.6 Å². The molecule has 1 spiro atoms. The molecular formula is C27H34N4O4. The Morgan fingerprint density at radius 2 is 1.66 bits per heavy atom. The van der Waals surface area contributed by atoms with E-state index in [-0.39, 0.29) is 24.3 Å². The maximum absolute atomic E-state index is 13.7. The van der Waals surface area contributed by atoms with Gasteiger partial charge in [0.1, 0.15) is 12.1 Å². The molecule has 0 bridgehead atoms. The second-order valence-electron chi connectivity index (χ2n) is 9.15. The molecule has 1 N–H and O–H groups in total. The zero-order chi connectivity index (χ0) is 24.7. The number of hydrogen-bond acceptors (Lipinski definition) is 5. The number of methoxy groups -OCH3 is 1. The first-order valence-electron chi connectivity index (χ1n) is 12.2. The molecule has 0 aliphatic carbocycles. The maximum atomic E-state index is 13.7. The minimum absolute atomic E-state index is 0.00729. The van der Waals surface area contributed by atoms with E-state index < -0.39 is 5.54 Å². The van der Waals surface area contributed by atoms with Crippen LogP contribution in [0.2, 0.25) is 0 Å². The van der Waals surface area contributed by atoms with Crippen molar-refractivity contribution in [3.8, 4) is 0 Å². The molecule has 35 heavy (non-hydrogen) atoms. The summed E-state index contributed by atoms with van der Waals surface area (Å²) in [7, 11) is 1.58. The Labute approximate surface area is 206 Å². The van der Waals surface area contributed by atoms with Crippen molar-refractivity contribution in [2.24, 2.45) is 0 Å². The minimum atomic E-state index is -0.746. The molecule has 2 aromatic rings. The van der Waals surface area contributed by atoms with Crippen LogP contribution in [0.15, 0.2) is 60.7 Å². The normalized spacial score (nSPS) is 17.2. The lowest BCUT2D eigenvalue weighted by atomic mass is 9.85. The fraction of sp³-hybridized carbons (Fsp3) is 0.444. The van der Waals surface area contributed by atoms with Gasteiger partial charge >= 0.3 is 0 Å². The molecule has 2 fully saturated rings. The quantitative estimate of drug-likeness (QED) is 0.558. The number of carbonyl (C=O) groups is 3. The molecule has 3 amide bonds. The third kappa shape index (κ3) is 5.65. The Balaban J connectivity index is 1.43. The molecule has 8 nitrogen and oxygen atoms in total. The SMILES string of the molecule is COCCNC(=O)CN1CN(c2ccccc2)C2(CCN(C(=O)CCc3ccccc3)CC2)C1=O. The van der Waals surface area contributed by atoms with Gasteiger partial charge in [0.25, 0.3) is 5.91 Å². The molecule has 0 saturated carbocycles. The highest BCUT2D eigenvalue weighted by Crippen LogP contribution is 2.39. The van der Waals surface area contributed by atoms with Crippen molar-refractivity contribution in [2.75, 3.05) is 51.5 Å². The van der Waals surface area contributed by atoms with E-state index in [2.05, 4.69) is 10.2 Å². The van der Waals surface area contributed by atoms with Gasteiger partial charge in [-0.15, -0.1) is 0 Å². The number of likely N-dealkylation sites (tertiary alicyclic amines) is 1. The number of nitrogens with zero attached hydrogens (tertiary/aromatic N) is 3. The van der Waals surface area contributed by atoms with E-state index in [0.29, 0.717) is 58.6 Å². The molecule has 0 unspecified atom stereocenters. The highest BCUT2D eigenvalue weighted by molar-refractivity contribution is 5.96. The number of piperidine rings is 1.